The lowest BCUT2D eigenvalue weighted by molar-refractivity contribution is -0.142. The number of piperazine rings is 1. The molecular weight excluding hydrogens is 423 g/mol. The average molecular weight is 442 g/mol. The molecule has 0 atom stereocenters. The highest BCUT2D eigenvalue weighted by molar-refractivity contribution is 6.32. The van der Waals surface area contributed by atoms with E-state index in [1.807, 2.05) is 12.1 Å². The first kappa shape index (κ1) is 21.8. The van der Waals surface area contributed by atoms with E-state index in [1.54, 1.807) is 11.0 Å². The lowest BCUT2D eigenvalue weighted by Gasteiger charge is -2.36. The van der Waals surface area contributed by atoms with E-state index in [-0.39, 0.29) is 18.1 Å². The van der Waals surface area contributed by atoms with Crippen LogP contribution in [0.1, 0.15) is 17.0 Å². The third-order valence-corrected chi connectivity index (χ3v) is 5.32. The molecule has 1 aromatic carbocycles. The van der Waals surface area contributed by atoms with Gasteiger partial charge in [-0.1, -0.05) is 11.6 Å². The van der Waals surface area contributed by atoms with Crippen LogP contribution in [0.3, 0.4) is 0 Å². The number of amides is 1. The number of carbonyl (C=O) groups is 1. The second-order valence-electron chi connectivity index (χ2n) is 6.76. The van der Waals surface area contributed by atoms with Crippen LogP contribution in [0, 0.1) is 18.3 Å². The number of nitriles is 1. The van der Waals surface area contributed by atoms with Crippen molar-refractivity contribution in [3.63, 3.8) is 0 Å². The first-order chi connectivity index (χ1) is 14.2. The fourth-order valence-corrected chi connectivity index (χ4v) is 3.51. The van der Waals surface area contributed by atoms with Crippen LogP contribution >= 0.6 is 11.6 Å². The number of hydrogen-bond donors (Lipinski definition) is 0. The number of ether oxygens (including phenoxy) is 1. The predicted molar refractivity (Wildman–Crippen MR) is 103 cm³/mol. The minimum absolute atomic E-state index is 0.0186. The summed E-state index contributed by atoms with van der Waals surface area (Å²) < 4.78 is 45.3. The van der Waals surface area contributed by atoms with E-state index < -0.39 is 17.4 Å². The summed E-state index contributed by atoms with van der Waals surface area (Å²) in [5.41, 5.74) is -0.904. The normalized spacial score (nSPS) is 14.6. The Morgan fingerprint density at radius 3 is 2.50 bits per heavy atom. The Bertz CT molecular complexity index is 991. The fourth-order valence-electron chi connectivity index (χ4n) is 3.32. The van der Waals surface area contributed by atoms with Crippen LogP contribution in [-0.2, 0) is 17.5 Å². The molecule has 160 valence electrons. The number of aromatic nitrogens is 2. The van der Waals surface area contributed by atoms with E-state index in [9.17, 15) is 18.0 Å². The third-order valence-electron chi connectivity index (χ3n) is 5.00. The highest BCUT2D eigenvalue weighted by Crippen LogP contribution is 2.32. The molecule has 1 aliphatic rings. The molecule has 2 heterocycles. The molecule has 0 saturated carbocycles. The van der Waals surface area contributed by atoms with Gasteiger partial charge in [0.2, 0.25) is 5.91 Å². The van der Waals surface area contributed by atoms with Gasteiger partial charge >= 0.3 is 6.18 Å². The van der Waals surface area contributed by atoms with Crippen LogP contribution in [-0.4, -0.2) is 53.9 Å². The van der Waals surface area contributed by atoms with E-state index in [4.69, 9.17) is 21.6 Å². The van der Waals surface area contributed by atoms with Crippen molar-refractivity contribution in [1.29, 1.82) is 5.26 Å². The van der Waals surface area contributed by atoms with Gasteiger partial charge in [0.05, 0.1) is 17.8 Å². The second kappa shape index (κ2) is 8.44. The Labute approximate surface area is 176 Å². The minimum Gasteiger partial charge on any atom is -0.495 e. The monoisotopic (exact) mass is 441 g/mol. The summed E-state index contributed by atoms with van der Waals surface area (Å²) in [6, 6.07) is 6.93. The molecule has 11 heteroatoms. The van der Waals surface area contributed by atoms with Crippen LogP contribution in [0.5, 0.6) is 5.75 Å². The van der Waals surface area contributed by atoms with Gasteiger partial charge in [-0.15, -0.1) is 0 Å². The number of alkyl halides is 3. The largest absolute Gasteiger partial charge is 0.495 e. The van der Waals surface area contributed by atoms with Crippen molar-refractivity contribution in [2.45, 2.75) is 19.6 Å². The van der Waals surface area contributed by atoms with Crippen molar-refractivity contribution >= 4 is 23.2 Å². The Hall–Kier alpha value is -2.93. The number of hydrogen-bond acceptors (Lipinski definition) is 5. The molecule has 1 fully saturated rings. The predicted octanol–water partition coefficient (Wildman–Crippen LogP) is 3.09. The lowest BCUT2D eigenvalue weighted by atomic mass is 10.2. The fraction of sp³-hybridized carbons (Fsp3) is 0.421. The van der Waals surface area contributed by atoms with E-state index in [1.165, 1.54) is 20.1 Å². The van der Waals surface area contributed by atoms with Crippen molar-refractivity contribution in [3.8, 4) is 11.8 Å². The van der Waals surface area contributed by atoms with Crippen molar-refractivity contribution in [2.75, 3.05) is 38.2 Å². The van der Waals surface area contributed by atoms with Crippen LogP contribution in [0.15, 0.2) is 18.2 Å². The number of methoxy groups -OCH3 is 1. The summed E-state index contributed by atoms with van der Waals surface area (Å²) >= 11 is 6.05. The Morgan fingerprint density at radius 2 is 1.97 bits per heavy atom. The first-order valence-electron chi connectivity index (χ1n) is 9.06. The zero-order valence-electron chi connectivity index (χ0n) is 16.3. The molecule has 0 spiro atoms. The Balaban J connectivity index is 1.67. The van der Waals surface area contributed by atoms with Crippen molar-refractivity contribution in [3.05, 3.63) is 40.2 Å². The van der Waals surface area contributed by atoms with Gasteiger partial charge in [-0.25, -0.2) is 0 Å². The van der Waals surface area contributed by atoms with Crippen molar-refractivity contribution < 1.29 is 22.7 Å². The first-order valence-corrected chi connectivity index (χ1v) is 9.44. The van der Waals surface area contributed by atoms with Gasteiger partial charge in [-0.3, -0.25) is 9.48 Å². The molecule has 7 nitrogen and oxygen atoms in total. The SMILES string of the molecule is COc1cc(N2CCN(C(=O)Cn3nc(C(F)(F)F)c(C#N)c3C)CC2)ccc1Cl. The summed E-state index contributed by atoms with van der Waals surface area (Å²) in [5, 5.41) is 13.0. The highest BCUT2D eigenvalue weighted by atomic mass is 35.5. The second-order valence-corrected chi connectivity index (χ2v) is 7.17. The zero-order valence-corrected chi connectivity index (χ0v) is 17.1. The Morgan fingerprint density at radius 1 is 1.30 bits per heavy atom. The molecule has 1 saturated heterocycles. The molecule has 30 heavy (non-hydrogen) atoms. The summed E-state index contributed by atoms with van der Waals surface area (Å²) in [4.78, 5) is 16.3. The number of nitrogens with zero attached hydrogens (tertiary/aromatic N) is 5. The molecule has 0 unspecified atom stereocenters. The van der Waals surface area contributed by atoms with Gasteiger partial charge in [0.25, 0.3) is 0 Å². The van der Waals surface area contributed by atoms with Crippen LogP contribution < -0.4 is 9.64 Å². The van der Waals surface area contributed by atoms with E-state index in [0.29, 0.717) is 37.0 Å². The highest BCUT2D eigenvalue weighted by Gasteiger charge is 2.39. The smallest absolute Gasteiger partial charge is 0.436 e. The number of anilines is 1. The van der Waals surface area contributed by atoms with Gasteiger partial charge < -0.3 is 14.5 Å². The molecule has 0 aliphatic carbocycles. The van der Waals surface area contributed by atoms with Gasteiger partial charge in [0, 0.05) is 37.9 Å². The number of benzene rings is 1. The van der Waals surface area contributed by atoms with Crippen LogP contribution in [0.4, 0.5) is 18.9 Å². The molecule has 0 N–H and O–H groups in total. The standard InChI is InChI=1S/C19H19ClF3N5O2/c1-12-14(10-24)18(19(21,22)23)25-28(12)11-17(29)27-7-5-26(6-8-27)13-3-4-15(20)16(9-13)30-2/h3-4,9H,5-8,11H2,1-2H3. The summed E-state index contributed by atoms with van der Waals surface area (Å²) in [7, 11) is 1.53. The molecule has 1 aliphatic heterocycles. The average Bonchev–Trinajstić information content (AvgIpc) is 3.04. The summed E-state index contributed by atoms with van der Waals surface area (Å²) in [6.45, 7) is 2.89. The quantitative estimate of drug-likeness (QED) is 0.729. The minimum atomic E-state index is -4.75. The maximum atomic E-state index is 13.1. The van der Waals surface area contributed by atoms with Gasteiger partial charge in [0.1, 0.15) is 23.9 Å². The van der Waals surface area contributed by atoms with Crippen LogP contribution in [0.2, 0.25) is 5.02 Å². The number of rotatable bonds is 4. The van der Waals surface area contributed by atoms with E-state index >= 15 is 0 Å². The molecule has 1 amide bonds. The van der Waals surface area contributed by atoms with E-state index in [2.05, 4.69) is 10.00 Å². The maximum absolute atomic E-state index is 13.1. The lowest BCUT2D eigenvalue weighted by Crippen LogP contribution is -2.49. The topological polar surface area (TPSA) is 74.4 Å². The number of carbonyl (C=O) groups excluding carboxylic acids is 1. The number of halogens is 4. The Kier molecular flexibility index (Phi) is 6.12. The molecule has 2 aromatic rings. The molecule has 1 aromatic heterocycles. The maximum Gasteiger partial charge on any atom is 0.436 e. The van der Waals surface area contributed by atoms with Crippen LogP contribution in [0.25, 0.3) is 0 Å². The molecular formula is C19H19ClF3N5O2. The molecule has 0 radical (unpaired) electrons. The zero-order chi connectivity index (χ0) is 22.1. The van der Waals surface area contributed by atoms with Gasteiger partial charge in [-0.05, 0) is 19.1 Å². The summed E-state index contributed by atoms with van der Waals surface area (Å²) in [6.07, 6.45) is -4.75. The molecule has 3 rings (SSSR count). The molecule has 0 bridgehead atoms. The third kappa shape index (κ3) is 4.31. The van der Waals surface area contributed by atoms with E-state index in [0.717, 1.165) is 10.4 Å². The van der Waals surface area contributed by atoms with Crippen molar-refractivity contribution in [1.82, 2.24) is 14.7 Å². The summed E-state index contributed by atoms with van der Waals surface area (Å²) in [5.74, 6) is 0.197. The van der Waals surface area contributed by atoms with Gasteiger partial charge in [-0.2, -0.15) is 23.5 Å². The van der Waals surface area contributed by atoms with Crippen molar-refractivity contribution in [2.24, 2.45) is 0 Å². The van der Waals surface area contributed by atoms with Gasteiger partial charge in [0.15, 0.2) is 5.69 Å².